The van der Waals surface area contributed by atoms with Crippen LogP contribution in [-0.4, -0.2) is 62.7 Å². The minimum atomic E-state index is -0.351. The van der Waals surface area contributed by atoms with Crippen molar-refractivity contribution in [1.82, 2.24) is 29.4 Å². The van der Waals surface area contributed by atoms with Crippen LogP contribution in [0.15, 0.2) is 34.0 Å². The number of hydrogen-bond acceptors (Lipinski definition) is 6. The van der Waals surface area contributed by atoms with Gasteiger partial charge >= 0.3 is 0 Å². The zero-order valence-electron chi connectivity index (χ0n) is 17.6. The van der Waals surface area contributed by atoms with E-state index in [9.17, 15) is 14.4 Å². The molecule has 5 heterocycles. The lowest BCUT2D eigenvalue weighted by atomic mass is 10.0. The van der Waals surface area contributed by atoms with Crippen molar-refractivity contribution in [2.45, 2.75) is 32.5 Å². The van der Waals surface area contributed by atoms with Gasteiger partial charge in [0.15, 0.2) is 0 Å². The predicted molar refractivity (Wildman–Crippen MR) is 116 cm³/mol. The quantitative estimate of drug-likeness (QED) is 0.612. The van der Waals surface area contributed by atoms with E-state index in [1.807, 2.05) is 12.1 Å². The molecule has 0 radical (unpaired) electrons. The number of amides is 1. The Morgan fingerprint density at radius 3 is 2.90 bits per heavy atom. The number of anilines is 1. The summed E-state index contributed by atoms with van der Waals surface area (Å²) in [6, 6.07) is 5.73. The number of nitrogens with zero attached hydrogens (tertiary/aromatic N) is 5. The third kappa shape index (κ3) is 3.32. The molecular weight excluding hydrogens is 398 g/mol. The van der Waals surface area contributed by atoms with Crippen LogP contribution in [0.5, 0.6) is 0 Å². The van der Waals surface area contributed by atoms with E-state index < -0.39 is 0 Å². The van der Waals surface area contributed by atoms with E-state index in [4.69, 9.17) is 0 Å². The highest BCUT2D eigenvalue weighted by molar-refractivity contribution is 5.93. The molecule has 3 aromatic heterocycles. The van der Waals surface area contributed by atoms with Gasteiger partial charge in [-0.25, -0.2) is 4.52 Å². The third-order valence-electron chi connectivity index (χ3n) is 6.26. The Labute approximate surface area is 178 Å². The third-order valence-corrected chi connectivity index (χ3v) is 6.26. The molecule has 0 saturated carbocycles. The summed E-state index contributed by atoms with van der Waals surface area (Å²) in [7, 11) is 1.53. The Balaban J connectivity index is 1.34. The molecule has 0 aliphatic carbocycles. The van der Waals surface area contributed by atoms with Crippen LogP contribution in [0.2, 0.25) is 0 Å². The van der Waals surface area contributed by atoms with Gasteiger partial charge in [-0.1, -0.05) is 0 Å². The Hall–Kier alpha value is -3.40. The SMILES string of the molecule is CNC(=O)c1ccc2n(c1=O)CCC1CN(Cc3cc4[nH]c(=O)c(C)cn4n3)CCN21. The Kier molecular flexibility index (Phi) is 4.66. The molecule has 2 aliphatic rings. The normalized spacial score (nSPS) is 18.6. The largest absolute Gasteiger partial charge is 0.355 e. The van der Waals surface area contributed by atoms with Crippen molar-refractivity contribution in [1.29, 1.82) is 0 Å². The fourth-order valence-electron chi connectivity index (χ4n) is 4.63. The van der Waals surface area contributed by atoms with Gasteiger partial charge in [-0.05, 0) is 25.5 Å². The standard InChI is InChI=1S/C21H25N7O3/c1-13-10-28-17(23-19(13)29)9-14(24-28)11-25-7-8-26-15(12-25)5-6-27-18(26)4-3-16(21(27)31)20(30)22-2/h3-4,9-10,15H,5-8,11-12H2,1-2H3,(H,22,30)(H,23,29). The van der Waals surface area contributed by atoms with Crippen molar-refractivity contribution >= 4 is 17.4 Å². The fourth-order valence-corrected chi connectivity index (χ4v) is 4.63. The number of nitrogens with one attached hydrogen (secondary N) is 2. The molecule has 0 aromatic carbocycles. The van der Waals surface area contributed by atoms with Gasteiger partial charge in [0, 0.05) is 63.6 Å². The first-order chi connectivity index (χ1) is 14.9. The van der Waals surface area contributed by atoms with Crippen LogP contribution in [0.3, 0.4) is 0 Å². The molecule has 0 spiro atoms. The number of carbonyl (C=O) groups excluding carboxylic acids is 1. The molecule has 1 amide bonds. The summed E-state index contributed by atoms with van der Waals surface area (Å²) in [5.74, 6) is 0.533. The fraction of sp³-hybridized carbons (Fsp3) is 0.429. The average molecular weight is 423 g/mol. The van der Waals surface area contributed by atoms with Crippen LogP contribution in [0.25, 0.3) is 5.65 Å². The van der Waals surface area contributed by atoms with Crippen LogP contribution >= 0.6 is 0 Å². The number of piperazine rings is 1. The molecule has 31 heavy (non-hydrogen) atoms. The summed E-state index contributed by atoms with van der Waals surface area (Å²) >= 11 is 0. The summed E-state index contributed by atoms with van der Waals surface area (Å²) in [6.45, 7) is 5.58. The van der Waals surface area contributed by atoms with Gasteiger partial charge in [-0.2, -0.15) is 5.10 Å². The number of carbonyl (C=O) groups is 1. The number of aromatic nitrogens is 4. The molecule has 0 bridgehead atoms. The Bertz CT molecular complexity index is 1290. The van der Waals surface area contributed by atoms with Crippen LogP contribution in [0.1, 0.15) is 28.0 Å². The summed E-state index contributed by atoms with van der Waals surface area (Å²) in [5.41, 5.74) is 2.10. The zero-order chi connectivity index (χ0) is 21.7. The molecule has 10 heteroatoms. The van der Waals surface area contributed by atoms with Gasteiger partial charge in [0.2, 0.25) is 0 Å². The number of H-pyrrole nitrogens is 1. The predicted octanol–water partition coefficient (Wildman–Crippen LogP) is -0.0532. The molecule has 1 saturated heterocycles. The molecule has 1 fully saturated rings. The molecule has 1 atom stereocenters. The molecule has 1 unspecified atom stereocenters. The van der Waals surface area contributed by atoms with Crippen LogP contribution in [0.4, 0.5) is 5.82 Å². The first kappa shape index (κ1) is 19.6. The topological polar surface area (TPSA) is 108 Å². The number of fused-ring (bicyclic) bond motifs is 4. The first-order valence-corrected chi connectivity index (χ1v) is 10.5. The average Bonchev–Trinajstić information content (AvgIpc) is 3.14. The minimum Gasteiger partial charge on any atom is -0.355 e. The Morgan fingerprint density at radius 2 is 2.10 bits per heavy atom. The minimum absolute atomic E-state index is 0.0942. The smallest absolute Gasteiger partial charge is 0.264 e. The van der Waals surface area contributed by atoms with Crippen molar-refractivity contribution in [2.24, 2.45) is 0 Å². The Morgan fingerprint density at radius 1 is 1.26 bits per heavy atom. The number of aromatic amines is 1. The highest BCUT2D eigenvalue weighted by Crippen LogP contribution is 2.27. The van der Waals surface area contributed by atoms with Crippen molar-refractivity contribution in [2.75, 3.05) is 31.6 Å². The van der Waals surface area contributed by atoms with Crippen LogP contribution in [0, 0.1) is 6.92 Å². The number of rotatable bonds is 3. The van der Waals surface area contributed by atoms with E-state index in [1.54, 1.807) is 28.3 Å². The number of hydrogen-bond donors (Lipinski definition) is 2. The summed E-state index contributed by atoms with van der Waals surface area (Å²) in [5, 5.41) is 7.13. The highest BCUT2D eigenvalue weighted by atomic mass is 16.2. The zero-order valence-corrected chi connectivity index (χ0v) is 17.6. The van der Waals surface area contributed by atoms with Crippen molar-refractivity contribution in [3.63, 3.8) is 0 Å². The molecule has 2 N–H and O–H groups in total. The van der Waals surface area contributed by atoms with E-state index in [1.165, 1.54) is 7.05 Å². The molecule has 5 rings (SSSR count). The van der Waals surface area contributed by atoms with E-state index in [0.717, 1.165) is 37.6 Å². The maximum Gasteiger partial charge on any atom is 0.264 e. The maximum absolute atomic E-state index is 12.8. The first-order valence-electron chi connectivity index (χ1n) is 10.5. The second kappa shape index (κ2) is 7.38. The van der Waals surface area contributed by atoms with Gasteiger partial charge in [0.05, 0.1) is 5.69 Å². The summed E-state index contributed by atoms with van der Waals surface area (Å²) < 4.78 is 3.44. The maximum atomic E-state index is 12.8. The molecule has 10 nitrogen and oxygen atoms in total. The lowest BCUT2D eigenvalue weighted by Gasteiger charge is -2.46. The molecule has 3 aromatic rings. The van der Waals surface area contributed by atoms with Gasteiger partial charge in [-0.15, -0.1) is 0 Å². The van der Waals surface area contributed by atoms with Gasteiger partial charge < -0.3 is 15.2 Å². The van der Waals surface area contributed by atoms with E-state index in [0.29, 0.717) is 30.3 Å². The van der Waals surface area contributed by atoms with Gasteiger partial charge in [0.1, 0.15) is 17.0 Å². The van der Waals surface area contributed by atoms with Gasteiger partial charge in [-0.3, -0.25) is 23.9 Å². The van der Waals surface area contributed by atoms with Crippen molar-refractivity contribution < 1.29 is 4.79 Å². The summed E-state index contributed by atoms with van der Waals surface area (Å²) in [6.07, 6.45) is 2.59. The van der Waals surface area contributed by atoms with Gasteiger partial charge in [0.25, 0.3) is 17.0 Å². The summed E-state index contributed by atoms with van der Waals surface area (Å²) in [4.78, 5) is 44.0. The van der Waals surface area contributed by atoms with Crippen molar-refractivity contribution in [3.05, 3.63) is 61.9 Å². The number of pyridine rings is 1. The van der Waals surface area contributed by atoms with Crippen LogP contribution in [-0.2, 0) is 13.1 Å². The highest BCUT2D eigenvalue weighted by Gasteiger charge is 2.33. The lowest BCUT2D eigenvalue weighted by Crippen LogP contribution is -2.57. The van der Waals surface area contributed by atoms with E-state index in [-0.39, 0.29) is 22.6 Å². The van der Waals surface area contributed by atoms with E-state index in [2.05, 4.69) is 25.2 Å². The van der Waals surface area contributed by atoms with Crippen LogP contribution < -0.4 is 21.3 Å². The van der Waals surface area contributed by atoms with Crippen molar-refractivity contribution in [3.8, 4) is 0 Å². The molecule has 162 valence electrons. The second-order valence-electron chi connectivity index (χ2n) is 8.24. The lowest BCUT2D eigenvalue weighted by molar-refractivity contribution is 0.0960. The molecular formula is C21H25N7O3. The second-order valence-corrected chi connectivity index (χ2v) is 8.24. The molecule has 2 aliphatic heterocycles. The monoisotopic (exact) mass is 423 g/mol. The van der Waals surface area contributed by atoms with E-state index >= 15 is 0 Å². The number of aryl methyl sites for hydroxylation is 1.